The maximum atomic E-state index is 12.3. The average molecular weight is 324 g/mol. The van der Waals surface area contributed by atoms with E-state index in [0.29, 0.717) is 10.6 Å². The first-order valence-electron chi connectivity index (χ1n) is 6.33. The minimum absolute atomic E-state index is 0.131. The molecule has 2 N–H and O–H groups in total. The van der Waals surface area contributed by atoms with Crippen LogP contribution in [0.3, 0.4) is 0 Å². The van der Waals surface area contributed by atoms with Crippen molar-refractivity contribution in [1.29, 1.82) is 0 Å². The Hall–Kier alpha value is -1.73. The van der Waals surface area contributed by atoms with Crippen LogP contribution in [-0.4, -0.2) is 27.5 Å². The van der Waals surface area contributed by atoms with E-state index in [2.05, 4.69) is 10.3 Å². The van der Waals surface area contributed by atoms with Gasteiger partial charge < -0.3 is 10.4 Å². The number of amides is 1. The number of hydrogen-bond donors (Lipinski definition) is 2. The lowest BCUT2D eigenvalue weighted by molar-refractivity contribution is -0.138. The Balaban J connectivity index is 2.18. The van der Waals surface area contributed by atoms with Crippen LogP contribution in [0.2, 0.25) is 0 Å². The van der Waals surface area contributed by atoms with Gasteiger partial charge in [-0.15, -0.1) is 11.3 Å². The Morgan fingerprint density at radius 2 is 2.14 bits per heavy atom. The molecule has 2 aromatic rings. The SMILES string of the molecule is Cc1nc(-c2ccsc2)sc1C(=O)NC(C)(C)CC(=O)O. The first-order valence-corrected chi connectivity index (χ1v) is 8.09. The summed E-state index contributed by atoms with van der Waals surface area (Å²) in [5.41, 5.74) is 0.851. The van der Waals surface area contributed by atoms with E-state index in [1.807, 2.05) is 16.8 Å². The van der Waals surface area contributed by atoms with Crippen LogP contribution in [0.1, 0.15) is 35.6 Å². The highest BCUT2D eigenvalue weighted by atomic mass is 32.1. The summed E-state index contributed by atoms with van der Waals surface area (Å²) in [6, 6.07) is 1.96. The molecule has 5 nitrogen and oxygen atoms in total. The Morgan fingerprint density at radius 3 is 2.71 bits per heavy atom. The van der Waals surface area contributed by atoms with Crippen LogP contribution >= 0.6 is 22.7 Å². The van der Waals surface area contributed by atoms with Crippen LogP contribution in [0.5, 0.6) is 0 Å². The lowest BCUT2D eigenvalue weighted by Gasteiger charge is -2.23. The molecule has 7 heteroatoms. The largest absolute Gasteiger partial charge is 0.481 e. The van der Waals surface area contributed by atoms with Crippen molar-refractivity contribution in [3.05, 3.63) is 27.4 Å². The van der Waals surface area contributed by atoms with Gasteiger partial charge in [-0.25, -0.2) is 4.98 Å². The van der Waals surface area contributed by atoms with Crippen molar-refractivity contribution >= 4 is 34.6 Å². The normalized spacial score (nSPS) is 11.4. The van der Waals surface area contributed by atoms with Gasteiger partial charge in [-0.3, -0.25) is 9.59 Å². The van der Waals surface area contributed by atoms with Gasteiger partial charge in [-0.2, -0.15) is 11.3 Å². The Bertz CT molecular complexity index is 660. The van der Waals surface area contributed by atoms with Crippen LogP contribution in [0.25, 0.3) is 10.6 Å². The van der Waals surface area contributed by atoms with Crippen LogP contribution in [0.4, 0.5) is 0 Å². The topological polar surface area (TPSA) is 79.3 Å². The molecule has 0 atom stereocenters. The van der Waals surface area contributed by atoms with Gasteiger partial charge >= 0.3 is 5.97 Å². The molecule has 2 rings (SSSR count). The Labute approximate surface area is 130 Å². The molecule has 0 unspecified atom stereocenters. The van der Waals surface area contributed by atoms with Crippen molar-refractivity contribution < 1.29 is 14.7 Å². The molecule has 0 aliphatic heterocycles. The fourth-order valence-corrected chi connectivity index (χ4v) is 3.58. The quantitative estimate of drug-likeness (QED) is 0.885. The maximum absolute atomic E-state index is 12.3. The van der Waals surface area contributed by atoms with Crippen LogP contribution < -0.4 is 5.32 Å². The Kier molecular flexibility index (Phi) is 4.43. The lowest BCUT2D eigenvalue weighted by atomic mass is 10.0. The minimum atomic E-state index is -0.944. The van der Waals surface area contributed by atoms with Gasteiger partial charge in [0.05, 0.1) is 12.1 Å². The van der Waals surface area contributed by atoms with E-state index in [-0.39, 0.29) is 12.3 Å². The summed E-state index contributed by atoms with van der Waals surface area (Å²) in [5.74, 6) is -1.22. The predicted molar refractivity (Wildman–Crippen MR) is 84.0 cm³/mol. The number of nitrogens with zero attached hydrogens (tertiary/aromatic N) is 1. The summed E-state index contributed by atoms with van der Waals surface area (Å²) in [5, 5.41) is 16.4. The molecule has 0 aliphatic carbocycles. The number of carbonyl (C=O) groups excluding carboxylic acids is 1. The van der Waals surface area contributed by atoms with Crippen LogP contribution in [-0.2, 0) is 4.79 Å². The second-order valence-electron chi connectivity index (χ2n) is 5.35. The molecule has 0 saturated heterocycles. The van der Waals surface area contributed by atoms with Crippen LogP contribution in [0, 0.1) is 6.92 Å². The van der Waals surface area contributed by atoms with Gasteiger partial charge in [-0.1, -0.05) is 0 Å². The third-order valence-corrected chi connectivity index (χ3v) is 4.70. The molecular formula is C14H16N2O3S2. The summed E-state index contributed by atoms with van der Waals surface area (Å²) in [6.45, 7) is 5.16. The second-order valence-corrected chi connectivity index (χ2v) is 7.13. The first kappa shape index (κ1) is 15.7. The minimum Gasteiger partial charge on any atom is -0.481 e. The fraction of sp³-hybridized carbons (Fsp3) is 0.357. The number of carboxylic acid groups (broad SMARTS) is 1. The lowest BCUT2D eigenvalue weighted by Crippen LogP contribution is -2.44. The van der Waals surface area contributed by atoms with E-state index >= 15 is 0 Å². The molecule has 0 saturated carbocycles. The average Bonchev–Trinajstić information content (AvgIpc) is 2.94. The van der Waals surface area contributed by atoms with Gasteiger partial charge in [0.2, 0.25) is 0 Å². The molecule has 21 heavy (non-hydrogen) atoms. The van der Waals surface area contributed by atoms with Crippen molar-refractivity contribution in [1.82, 2.24) is 10.3 Å². The molecular weight excluding hydrogens is 308 g/mol. The molecule has 0 bridgehead atoms. The summed E-state index contributed by atoms with van der Waals surface area (Å²) in [4.78, 5) is 28.1. The number of aromatic nitrogens is 1. The highest BCUT2D eigenvalue weighted by Gasteiger charge is 2.26. The zero-order valence-electron chi connectivity index (χ0n) is 12.0. The standard InChI is InChI=1S/C14H16N2O3S2/c1-8-11(12(19)16-14(2,3)6-10(17)18)21-13(15-8)9-4-5-20-7-9/h4-5,7H,6H2,1-3H3,(H,16,19)(H,17,18). The van der Waals surface area contributed by atoms with Crippen molar-refractivity contribution in [2.45, 2.75) is 32.7 Å². The third-order valence-electron chi connectivity index (χ3n) is 2.82. The van der Waals surface area contributed by atoms with Gasteiger partial charge in [0.1, 0.15) is 9.88 Å². The van der Waals surface area contributed by atoms with Crippen molar-refractivity contribution in [3.63, 3.8) is 0 Å². The predicted octanol–water partition coefficient (Wildman–Crippen LogP) is 3.16. The highest BCUT2D eigenvalue weighted by molar-refractivity contribution is 7.17. The summed E-state index contributed by atoms with van der Waals surface area (Å²) < 4.78 is 0. The van der Waals surface area contributed by atoms with Crippen molar-refractivity contribution in [2.24, 2.45) is 0 Å². The highest BCUT2D eigenvalue weighted by Crippen LogP contribution is 2.29. The zero-order chi connectivity index (χ0) is 15.6. The molecule has 112 valence electrons. The number of thiophene rings is 1. The monoisotopic (exact) mass is 324 g/mol. The van der Waals surface area contributed by atoms with Gasteiger partial charge in [-0.05, 0) is 32.2 Å². The Morgan fingerprint density at radius 1 is 1.43 bits per heavy atom. The fourth-order valence-electron chi connectivity index (χ4n) is 1.90. The number of aryl methyl sites for hydroxylation is 1. The molecule has 0 aromatic carbocycles. The number of rotatable bonds is 5. The molecule has 0 spiro atoms. The van der Waals surface area contributed by atoms with E-state index in [0.717, 1.165) is 10.6 Å². The molecule has 1 amide bonds. The number of carbonyl (C=O) groups is 2. The van der Waals surface area contributed by atoms with Crippen molar-refractivity contribution in [3.8, 4) is 10.6 Å². The summed E-state index contributed by atoms with van der Waals surface area (Å²) in [7, 11) is 0. The third kappa shape index (κ3) is 3.89. The van der Waals surface area contributed by atoms with E-state index in [4.69, 9.17) is 5.11 Å². The van der Waals surface area contributed by atoms with Crippen LogP contribution in [0.15, 0.2) is 16.8 Å². The molecule has 2 heterocycles. The zero-order valence-corrected chi connectivity index (χ0v) is 13.6. The smallest absolute Gasteiger partial charge is 0.305 e. The van der Waals surface area contributed by atoms with Crippen molar-refractivity contribution in [2.75, 3.05) is 0 Å². The van der Waals surface area contributed by atoms with Gasteiger partial charge in [0.25, 0.3) is 5.91 Å². The van der Waals surface area contributed by atoms with E-state index in [9.17, 15) is 9.59 Å². The van der Waals surface area contributed by atoms with E-state index in [1.165, 1.54) is 11.3 Å². The number of thiazole rings is 1. The number of aliphatic carboxylic acids is 1. The first-order chi connectivity index (χ1) is 9.78. The van der Waals surface area contributed by atoms with E-state index < -0.39 is 11.5 Å². The second kappa shape index (κ2) is 5.95. The molecule has 0 radical (unpaired) electrons. The number of hydrogen-bond acceptors (Lipinski definition) is 5. The number of carboxylic acids is 1. The molecule has 2 aromatic heterocycles. The number of nitrogens with one attached hydrogen (secondary N) is 1. The summed E-state index contributed by atoms with van der Waals surface area (Å²) in [6.07, 6.45) is -0.131. The summed E-state index contributed by atoms with van der Waals surface area (Å²) >= 11 is 2.90. The molecule has 0 fully saturated rings. The maximum Gasteiger partial charge on any atom is 0.305 e. The van der Waals surface area contributed by atoms with Gasteiger partial charge in [0, 0.05) is 16.5 Å². The molecule has 0 aliphatic rings. The van der Waals surface area contributed by atoms with Gasteiger partial charge in [0.15, 0.2) is 0 Å². The van der Waals surface area contributed by atoms with E-state index in [1.54, 1.807) is 32.1 Å².